The summed E-state index contributed by atoms with van der Waals surface area (Å²) in [5, 5.41) is 4.00. The average Bonchev–Trinajstić information content (AvgIpc) is 2.99. The van der Waals surface area contributed by atoms with Crippen molar-refractivity contribution in [2.24, 2.45) is 0 Å². The van der Waals surface area contributed by atoms with Crippen LogP contribution in [0.3, 0.4) is 0 Å². The van der Waals surface area contributed by atoms with Gasteiger partial charge in [0.25, 0.3) is 5.91 Å². The fourth-order valence-corrected chi connectivity index (χ4v) is 2.70. The lowest BCUT2D eigenvalue weighted by molar-refractivity contribution is 0.0937. The fourth-order valence-electron chi connectivity index (χ4n) is 2.70. The molecule has 1 N–H and O–H groups in total. The van der Waals surface area contributed by atoms with E-state index in [0.717, 1.165) is 29.5 Å². The first-order valence-electron chi connectivity index (χ1n) is 7.01. The summed E-state index contributed by atoms with van der Waals surface area (Å²) < 4.78 is 5.20. The second kappa shape index (κ2) is 5.49. The van der Waals surface area contributed by atoms with Gasteiger partial charge in [-0.15, -0.1) is 0 Å². The van der Waals surface area contributed by atoms with Crippen LogP contribution in [0.2, 0.25) is 0 Å². The lowest BCUT2D eigenvalue weighted by atomic mass is 10.1. The minimum Gasteiger partial charge on any atom is -0.497 e. The Balaban J connectivity index is 1.85. The predicted octanol–water partition coefficient (Wildman–Crippen LogP) is 2.92. The van der Waals surface area contributed by atoms with Gasteiger partial charge in [0.15, 0.2) is 0 Å². The fraction of sp³-hybridized carbons (Fsp3) is 0.375. The van der Waals surface area contributed by atoms with Crippen LogP contribution in [0.5, 0.6) is 5.75 Å². The maximum Gasteiger partial charge on any atom is 0.253 e. The van der Waals surface area contributed by atoms with Crippen molar-refractivity contribution >= 4 is 16.8 Å². The maximum absolute atomic E-state index is 12.2. The zero-order chi connectivity index (χ0) is 13.9. The van der Waals surface area contributed by atoms with E-state index >= 15 is 0 Å². The normalized spacial score (nSPS) is 15.4. The third-order valence-corrected chi connectivity index (χ3v) is 3.84. The molecule has 1 aromatic carbocycles. The molecule has 104 valence electrons. The number of hydrogen-bond acceptors (Lipinski definition) is 3. The molecule has 0 spiro atoms. The van der Waals surface area contributed by atoms with Crippen LogP contribution in [0.25, 0.3) is 10.9 Å². The summed E-state index contributed by atoms with van der Waals surface area (Å²) in [6.45, 7) is 0. The Morgan fingerprint density at radius 2 is 2.10 bits per heavy atom. The van der Waals surface area contributed by atoms with Gasteiger partial charge < -0.3 is 10.1 Å². The smallest absolute Gasteiger partial charge is 0.253 e. The molecule has 1 aromatic heterocycles. The van der Waals surface area contributed by atoms with E-state index in [1.54, 1.807) is 13.3 Å². The summed E-state index contributed by atoms with van der Waals surface area (Å²) in [6.07, 6.45) is 6.22. The molecule has 4 nitrogen and oxygen atoms in total. The minimum absolute atomic E-state index is 0.0332. The molecular weight excluding hydrogens is 252 g/mol. The van der Waals surface area contributed by atoms with Gasteiger partial charge in [0, 0.05) is 17.6 Å². The summed E-state index contributed by atoms with van der Waals surface area (Å²) in [4.78, 5) is 16.6. The van der Waals surface area contributed by atoms with Crippen molar-refractivity contribution < 1.29 is 9.53 Å². The number of benzene rings is 1. The number of methoxy groups -OCH3 is 1. The highest BCUT2D eigenvalue weighted by molar-refractivity contribution is 5.97. The molecule has 1 heterocycles. The zero-order valence-corrected chi connectivity index (χ0v) is 11.6. The predicted molar refractivity (Wildman–Crippen MR) is 78.0 cm³/mol. The van der Waals surface area contributed by atoms with Gasteiger partial charge in [0.05, 0.1) is 18.2 Å². The molecule has 0 unspecified atom stereocenters. The highest BCUT2D eigenvalue weighted by Crippen LogP contribution is 2.21. The molecule has 4 heteroatoms. The van der Waals surface area contributed by atoms with Crippen molar-refractivity contribution in [3.8, 4) is 5.75 Å². The van der Waals surface area contributed by atoms with Crippen molar-refractivity contribution in [1.29, 1.82) is 0 Å². The van der Waals surface area contributed by atoms with Crippen LogP contribution < -0.4 is 10.1 Å². The molecule has 0 bridgehead atoms. The topological polar surface area (TPSA) is 51.2 Å². The number of rotatable bonds is 3. The number of aromatic nitrogens is 1. The van der Waals surface area contributed by atoms with Crippen LogP contribution in [-0.4, -0.2) is 24.0 Å². The molecule has 1 saturated carbocycles. The quantitative estimate of drug-likeness (QED) is 0.933. The molecule has 1 fully saturated rings. The van der Waals surface area contributed by atoms with E-state index in [0.29, 0.717) is 11.6 Å². The van der Waals surface area contributed by atoms with Crippen LogP contribution in [0.15, 0.2) is 30.5 Å². The SMILES string of the molecule is COc1ccc2ncc(C(=O)NC3CCCC3)cc2c1. The summed E-state index contributed by atoms with van der Waals surface area (Å²) in [7, 11) is 1.63. The van der Waals surface area contributed by atoms with Crippen LogP contribution in [0, 0.1) is 0 Å². The van der Waals surface area contributed by atoms with Crippen molar-refractivity contribution in [1.82, 2.24) is 10.3 Å². The molecule has 0 saturated heterocycles. The Morgan fingerprint density at radius 1 is 1.30 bits per heavy atom. The van der Waals surface area contributed by atoms with E-state index in [4.69, 9.17) is 4.74 Å². The summed E-state index contributed by atoms with van der Waals surface area (Å²) in [5.41, 5.74) is 1.47. The molecular formula is C16H18N2O2. The number of ether oxygens (including phenoxy) is 1. The zero-order valence-electron chi connectivity index (χ0n) is 11.6. The minimum atomic E-state index is -0.0332. The van der Waals surface area contributed by atoms with Crippen LogP contribution >= 0.6 is 0 Å². The van der Waals surface area contributed by atoms with Gasteiger partial charge in [-0.25, -0.2) is 0 Å². The van der Waals surface area contributed by atoms with Gasteiger partial charge in [-0.05, 0) is 37.1 Å². The van der Waals surface area contributed by atoms with Crippen molar-refractivity contribution in [3.63, 3.8) is 0 Å². The second-order valence-corrected chi connectivity index (χ2v) is 5.24. The molecule has 1 amide bonds. The molecule has 1 aliphatic rings. The molecule has 0 radical (unpaired) electrons. The van der Waals surface area contributed by atoms with Gasteiger partial charge in [-0.2, -0.15) is 0 Å². The number of pyridine rings is 1. The van der Waals surface area contributed by atoms with E-state index in [2.05, 4.69) is 10.3 Å². The lowest BCUT2D eigenvalue weighted by Gasteiger charge is -2.12. The molecule has 2 aromatic rings. The van der Waals surface area contributed by atoms with E-state index in [1.165, 1.54) is 12.8 Å². The first-order chi connectivity index (χ1) is 9.76. The molecule has 20 heavy (non-hydrogen) atoms. The molecule has 3 rings (SSSR count). The monoisotopic (exact) mass is 270 g/mol. The first kappa shape index (κ1) is 12.9. The highest BCUT2D eigenvalue weighted by atomic mass is 16.5. The Labute approximate surface area is 118 Å². The standard InChI is InChI=1S/C16H18N2O2/c1-20-14-6-7-15-11(9-14)8-12(10-17-15)16(19)18-13-4-2-3-5-13/h6-10,13H,2-5H2,1H3,(H,18,19). The number of fused-ring (bicyclic) bond motifs is 1. The number of carbonyl (C=O) groups excluding carboxylic acids is 1. The third-order valence-electron chi connectivity index (χ3n) is 3.84. The van der Waals surface area contributed by atoms with Gasteiger partial charge >= 0.3 is 0 Å². The first-order valence-corrected chi connectivity index (χ1v) is 7.01. The van der Waals surface area contributed by atoms with Crippen molar-refractivity contribution in [2.75, 3.05) is 7.11 Å². The summed E-state index contributed by atoms with van der Waals surface area (Å²) in [6, 6.07) is 7.85. The molecule has 0 atom stereocenters. The third kappa shape index (κ3) is 2.59. The Bertz CT molecular complexity index is 633. The molecule has 1 aliphatic carbocycles. The van der Waals surface area contributed by atoms with Crippen LogP contribution in [0.4, 0.5) is 0 Å². The highest BCUT2D eigenvalue weighted by Gasteiger charge is 2.18. The Hall–Kier alpha value is -2.10. The lowest BCUT2D eigenvalue weighted by Crippen LogP contribution is -2.32. The molecule has 0 aliphatic heterocycles. The Morgan fingerprint density at radius 3 is 2.85 bits per heavy atom. The second-order valence-electron chi connectivity index (χ2n) is 5.24. The largest absolute Gasteiger partial charge is 0.497 e. The summed E-state index contributed by atoms with van der Waals surface area (Å²) in [5.74, 6) is 0.738. The van der Waals surface area contributed by atoms with Crippen LogP contribution in [-0.2, 0) is 0 Å². The average molecular weight is 270 g/mol. The number of nitrogens with one attached hydrogen (secondary N) is 1. The van der Waals surface area contributed by atoms with Crippen LogP contribution in [0.1, 0.15) is 36.0 Å². The summed E-state index contributed by atoms with van der Waals surface area (Å²) >= 11 is 0. The maximum atomic E-state index is 12.2. The van der Waals surface area contributed by atoms with E-state index < -0.39 is 0 Å². The van der Waals surface area contributed by atoms with Gasteiger partial charge in [-0.1, -0.05) is 12.8 Å². The van der Waals surface area contributed by atoms with Crippen molar-refractivity contribution in [3.05, 3.63) is 36.0 Å². The van der Waals surface area contributed by atoms with E-state index in [-0.39, 0.29) is 5.91 Å². The number of amides is 1. The van der Waals surface area contributed by atoms with Gasteiger partial charge in [-0.3, -0.25) is 9.78 Å². The van der Waals surface area contributed by atoms with Crippen molar-refractivity contribution in [2.45, 2.75) is 31.7 Å². The van der Waals surface area contributed by atoms with E-state index in [9.17, 15) is 4.79 Å². The van der Waals surface area contributed by atoms with Gasteiger partial charge in [0.2, 0.25) is 0 Å². The van der Waals surface area contributed by atoms with E-state index in [1.807, 2.05) is 24.3 Å². The number of hydrogen-bond donors (Lipinski definition) is 1. The number of nitrogens with zero attached hydrogens (tertiary/aromatic N) is 1. The number of carbonyl (C=O) groups is 1. The Kier molecular flexibility index (Phi) is 3.54. The van der Waals surface area contributed by atoms with Gasteiger partial charge in [0.1, 0.15) is 5.75 Å².